The van der Waals surface area contributed by atoms with Gasteiger partial charge in [0.05, 0.1) is 19.8 Å². The van der Waals surface area contributed by atoms with Gasteiger partial charge >= 0.3 is 5.97 Å². The molecule has 116 valence electrons. The van der Waals surface area contributed by atoms with Gasteiger partial charge in [0.15, 0.2) is 0 Å². The molecule has 0 unspecified atom stereocenters. The maximum atomic E-state index is 12.4. The van der Waals surface area contributed by atoms with Crippen LogP contribution in [0, 0.1) is 5.92 Å². The van der Waals surface area contributed by atoms with Crippen LogP contribution in [0.4, 0.5) is 0 Å². The van der Waals surface area contributed by atoms with Crippen LogP contribution in [0.3, 0.4) is 0 Å². The number of H-pyrrole nitrogens is 1. The van der Waals surface area contributed by atoms with Crippen molar-refractivity contribution in [3.05, 3.63) is 18.0 Å². The standard InChI is InChI=1S/C13H18N2O5S/c16-13(20-9-10-1-2-10)12-7-11(8-14-12)21(17,18)15-3-5-19-6-4-15/h7-8,10,14H,1-6,9H2. The zero-order valence-electron chi connectivity index (χ0n) is 11.6. The summed E-state index contributed by atoms with van der Waals surface area (Å²) in [5, 5.41) is 0. The Hall–Kier alpha value is -1.38. The summed E-state index contributed by atoms with van der Waals surface area (Å²) in [5.41, 5.74) is 0.169. The number of nitrogens with zero attached hydrogens (tertiary/aromatic N) is 1. The minimum absolute atomic E-state index is 0.0859. The van der Waals surface area contributed by atoms with E-state index in [-0.39, 0.29) is 10.6 Å². The maximum absolute atomic E-state index is 12.4. The highest BCUT2D eigenvalue weighted by Crippen LogP contribution is 2.29. The van der Waals surface area contributed by atoms with E-state index in [4.69, 9.17) is 9.47 Å². The van der Waals surface area contributed by atoms with Crippen LogP contribution in [0.15, 0.2) is 17.2 Å². The van der Waals surface area contributed by atoms with Crippen molar-refractivity contribution in [1.29, 1.82) is 0 Å². The summed E-state index contributed by atoms with van der Waals surface area (Å²) in [4.78, 5) is 14.6. The topological polar surface area (TPSA) is 88.7 Å². The molecule has 2 aliphatic rings. The first-order valence-electron chi connectivity index (χ1n) is 7.01. The summed E-state index contributed by atoms with van der Waals surface area (Å²) in [6.45, 7) is 1.84. The predicted octanol–water partition coefficient (Wildman–Crippen LogP) is 0.602. The Bertz CT molecular complexity index is 614. The van der Waals surface area contributed by atoms with Crippen LogP contribution >= 0.6 is 0 Å². The zero-order chi connectivity index (χ0) is 14.9. The number of sulfonamides is 1. The van der Waals surface area contributed by atoms with E-state index in [0.29, 0.717) is 38.8 Å². The predicted molar refractivity (Wildman–Crippen MR) is 73.4 cm³/mol. The van der Waals surface area contributed by atoms with E-state index in [0.717, 1.165) is 12.8 Å². The van der Waals surface area contributed by atoms with Crippen molar-refractivity contribution < 1.29 is 22.7 Å². The fraction of sp³-hybridized carbons (Fsp3) is 0.615. The van der Waals surface area contributed by atoms with Crippen LogP contribution in [0.2, 0.25) is 0 Å². The molecule has 21 heavy (non-hydrogen) atoms. The molecule has 0 aromatic carbocycles. The highest BCUT2D eigenvalue weighted by Gasteiger charge is 2.29. The Morgan fingerprint density at radius 3 is 2.76 bits per heavy atom. The summed E-state index contributed by atoms with van der Waals surface area (Å²) in [6.07, 6.45) is 3.52. The lowest BCUT2D eigenvalue weighted by atomic mass is 10.4. The van der Waals surface area contributed by atoms with Crippen LogP contribution in [-0.2, 0) is 19.5 Å². The zero-order valence-corrected chi connectivity index (χ0v) is 12.4. The number of aromatic nitrogens is 1. The van der Waals surface area contributed by atoms with Gasteiger partial charge in [-0.15, -0.1) is 0 Å². The summed E-state index contributed by atoms with van der Waals surface area (Å²) in [5.74, 6) is -0.0363. The fourth-order valence-electron chi connectivity index (χ4n) is 2.13. The van der Waals surface area contributed by atoms with Gasteiger partial charge in [-0.3, -0.25) is 0 Å². The molecule has 2 fully saturated rings. The molecular formula is C13H18N2O5S. The van der Waals surface area contributed by atoms with Crippen molar-refractivity contribution in [3.8, 4) is 0 Å². The molecule has 1 aliphatic carbocycles. The summed E-state index contributed by atoms with van der Waals surface area (Å²) >= 11 is 0. The number of hydrogen-bond acceptors (Lipinski definition) is 5. The number of esters is 1. The Kier molecular flexibility index (Phi) is 4.01. The molecule has 1 aromatic heterocycles. The van der Waals surface area contributed by atoms with Gasteiger partial charge in [-0.05, 0) is 24.8 Å². The van der Waals surface area contributed by atoms with Gasteiger partial charge in [-0.2, -0.15) is 4.31 Å². The van der Waals surface area contributed by atoms with E-state index in [9.17, 15) is 13.2 Å². The largest absolute Gasteiger partial charge is 0.461 e. The quantitative estimate of drug-likeness (QED) is 0.804. The third-order valence-corrected chi connectivity index (χ3v) is 5.51. The Morgan fingerprint density at radius 1 is 1.38 bits per heavy atom. The van der Waals surface area contributed by atoms with Crippen molar-refractivity contribution >= 4 is 16.0 Å². The third kappa shape index (κ3) is 3.28. The fourth-order valence-corrected chi connectivity index (χ4v) is 3.54. The van der Waals surface area contributed by atoms with Gasteiger partial charge in [0.25, 0.3) is 0 Å². The van der Waals surface area contributed by atoms with E-state index in [2.05, 4.69) is 4.98 Å². The third-order valence-electron chi connectivity index (χ3n) is 3.63. The first kappa shape index (κ1) is 14.6. The minimum atomic E-state index is -3.58. The van der Waals surface area contributed by atoms with Crippen LogP contribution in [0.5, 0.6) is 0 Å². The highest BCUT2D eigenvalue weighted by atomic mass is 32.2. The van der Waals surface area contributed by atoms with E-state index < -0.39 is 16.0 Å². The number of carbonyl (C=O) groups excluding carboxylic acids is 1. The molecule has 0 atom stereocenters. The number of aromatic amines is 1. The molecule has 0 bridgehead atoms. The lowest BCUT2D eigenvalue weighted by molar-refractivity contribution is 0.0480. The normalized spacial score (nSPS) is 20.4. The summed E-state index contributed by atoms with van der Waals surface area (Å²) in [6, 6.07) is 1.33. The first-order valence-corrected chi connectivity index (χ1v) is 8.45. The number of carbonyl (C=O) groups is 1. The second-order valence-corrected chi connectivity index (χ2v) is 7.25. The number of nitrogens with one attached hydrogen (secondary N) is 1. The van der Waals surface area contributed by atoms with Gasteiger partial charge in [-0.25, -0.2) is 13.2 Å². The van der Waals surface area contributed by atoms with Crippen molar-refractivity contribution in [3.63, 3.8) is 0 Å². The van der Waals surface area contributed by atoms with Gasteiger partial charge < -0.3 is 14.5 Å². The molecule has 8 heteroatoms. The molecule has 0 amide bonds. The molecule has 3 rings (SSSR count). The average Bonchev–Trinajstić information content (AvgIpc) is 3.19. The molecular weight excluding hydrogens is 296 g/mol. The van der Waals surface area contributed by atoms with E-state index in [1.165, 1.54) is 16.6 Å². The van der Waals surface area contributed by atoms with Crippen LogP contribution in [0.25, 0.3) is 0 Å². The Morgan fingerprint density at radius 2 is 2.10 bits per heavy atom. The van der Waals surface area contributed by atoms with Gasteiger partial charge in [0.2, 0.25) is 10.0 Å². The summed E-state index contributed by atoms with van der Waals surface area (Å²) < 4.78 is 36.4. The van der Waals surface area contributed by atoms with Gasteiger partial charge in [0, 0.05) is 19.3 Å². The molecule has 0 radical (unpaired) electrons. The van der Waals surface area contributed by atoms with E-state index >= 15 is 0 Å². The molecule has 1 saturated carbocycles. The molecule has 0 spiro atoms. The van der Waals surface area contributed by atoms with Crippen molar-refractivity contribution in [2.24, 2.45) is 5.92 Å². The monoisotopic (exact) mass is 314 g/mol. The molecule has 2 heterocycles. The van der Waals surface area contributed by atoms with Crippen molar-refractivity contribution in [2.75, 3.05) is 32.9 Å². The molecule has 1 N–H and O–H groups in total. The molecule has 1 saturated heterocycles. The van der Waals surface area contributed by atoms with Crippen LogP contribution < -0.4 is 0 Å². The van der Waals surface area contributed by atoms with Crippen molar-refractivity contribution in [2.45, 2.75) is 17.7 Å². The number of rotatable bonds is 5. The Labute approximate surface area is 123 Å². The van der Waals surface area contributed by atoms with Crippen LogP contribution in [-0.4, -0.2) is 56.6 Å². The second kappa shape index (κ2) is 5.78. The smallest absolute Gasteiger partial charge is 0.354 e. The average molecular weight is 314 g/mol. The number of hydrogen-bond donors (Lipinski definition) is 1. The Balaban J connectivity index is 1.69. The SMILES string of the molecule is O=C(OCC1CC1)c1cc(S(=O)(=O)N2CCOCC2)c[nH]1. The molecule has 7 nitrogen and oxygen atoms in total. The van der Waals surface area contributed by atoms with Crippen LogP contribution in [0.1, 0.15) is 23.3 Å². The molecule has 1 aromatic rings. The number of ether oxygens (including phenoxy) is 2. The number of morpholine rings is 1. The lowest BCUT2D eigenvalue weighted by Gasteiger charge is -2.25. The van der Waals surface area contributed by atoms with E-state index in [1.54, 1.807) is 0 Å². The minimum Gasteiger partial charge on any atom is -0.461 e. The maximum Gasteiger partial charge on any atom is 0.354 e. The lowest BCUT2D eigenvalue weighted by Crippen LogP contribution is -2.40. The molecule has 1 aliphatic heterocycles. The van der Waals surface area contributed by atoms with E-state index in [1.807, 2.05) is 0 Å². The van der Waals surface area contributed by atoms with Gasteiger partial charge in [0.1, 0.15) is 10.6 Å². The summed E-state index contributed by atoms with van der Waals surface area (Å²) in [7, 11) is -3.58. The first-order chi connectivity index (χ1) is 10.1. The van der Waals surface area contributed by atoms with Gasteiger partial charge in [-0.1, -0.05) is 0 Å². The highest BCUT2D eigenvalue weighted by molar-refractivity contribution is 7.89. The van der Waals surface area contributed by atoms with Crippen molar-refractivity contribution in [1.82, 2.24) is 9.29 Å². The second-order valence-electron chi connectivity index (χ2n) is 5.31.